The average Bonchev–Trinajstić information content (AvgIpc) is 2.36. The van der Waals surface area contributed by atoms with E-state index in [4.69, 9.17) is 16.7 Å². The Kier molecular flexibility index (Phi) is 7.19. The number of nitrogens with zero attached hydrogens (tertiary/aromatic N) is 1. The van der Waals surface area contributed by atoms with Crippen LogP contribution in [0.15, 0.2) is 18.2 Å². The van der Waals surface area contributed by atoms with Gasteiger partial charge in [-0.25, -0.2) is 8.78 Å². The molecule has 1 aromatic rings. The van der Waals surface area contributed by atoms with Gasteiger partial charge in [0.25, 0.3) is 6.43 Å². The summed E-state index contributed by atoms with van der Waals surface area (Å²) in [7, 11) is 0. The van der Waals surface area contributed by atoms with E-state index in [1.165, 1.54) is 4.90 Å². The van der Waals surface area contributed by atoms with E-state index >= 15 is 0 Å². The molecule has 0 atom stereocenters. The second-order valence-electron chi connectivity index (χ2n) is 4.87. The summed E-state index contributed by atoms with van der Waals surface area (Å²) >= 11 is 5.96. The summed E-state index contributed by atoms with van der Waals surface area (Å²) in [5, 5.41) is 12.8. The molecular formula is C14H21ClF2N2O. The smallest absolute Gasteiger partial charge is 0.255 e. The van der Waals surface area contributed by atoms with Crippen LogP contribution in [0.5, 0.6) is 0 Å². The minimum atomic E-state index is -2.47. The van der Waals surface area contributed by atoms with Gasteiger partial charge in [-0.3, -0.25) is 0 Å². The minimum Gasteiger partial charge on any atom is -0.395 e. The molecule has 0 spiro atoms. The molecule has 6 heteroatoms. The van der Waals surface area contributed by atoms with Crippen LogP contribution in [0.1, 0.15) is 19.4 Å². The van der Waals surface area contributed by atoms with E-state index in [0.717, 1.165) is 5.56 Å². The van der Waals surface area contributed by atoms with Gasteiger partial charge >= 0.3 is 0 Å². The van der Waals surface area contributed by atoms with Crippen molar-refractivity contribution in [1.29, 1.82) is 0 Å². The van der Waals surface area contributed by atoms with Crippen LogP contribution in [-0.4, -0.2) is 37.3 Å². The van der Waals surface area contributed by atoms with Crippen molar-refractivity contribution in [3.05, 3.63) is 28.8 Å². The largest absolute Gasteiger partial charge is 0.395 e. The molecule has 0 aliphatic heterocycles. The number of benzene rings is 1. The van der Waals surface area contributed by atoms with Crippen molar-refractivity contribution < 1.29 is 13.9 Å². The molecular weight excluding hydrogens is 286 g/mol. The Balaban J connectivity index is 3.00. The molecule has 0 unspecified atom stereocenters. The van der Waals surface area contributed by atoms with Crippen molar-refractivity contribution in [2.75, 3.05) is 24.6 Å². The van der Waals surface area contributed by atoms with Crippen molar-refractivity contribution >= 4 is 17.3 Å². The van der Waals surface area contributed by atoms with E-state index in [2.05, 4.69) is 5.32 Å². The lowest BCUT2D eigenvalue weighted by atomic mass is 10.1. The summed E-state index contributed by atoms with van der Waals surface area (Å²) in [6, 6.07) is 5.52. The quantitative estimate of drug-likeness (QED) is 0.775. The Morgan fingerprint density at radius 3 is 2.60 bits per heavy atom. The van der Waals surface area contributed by atoms with E-state index in [9.17, 15) is 8.78 Å². The van der Waals surface area contributed by atoms with E-state index in [1.54, 1.807) is 12.1 Å². The molecule has 0 heterocycles. The van der Waals surface area contributed by atoms with Crippen LogP contribution in [-0.2, 0) is 6.54 Å². The first-order valence-electron chi connectivity index (χ1n) is 6.59. The highest BCUT2D eigenvalue weighted by Gasteiger charge is 2.16. The van der Waals surface area contributed by atoms with Gasteiger partial charge in [-0.05, 0) is 17.7 Å². The standard InChI is InChI=1S/C14H21ClF2N2O/c1-10(2)18-8-11-3-4-12(15)7-13(11)19(5-6-20)9-14(16)17/h3-4,7,10,14,18,20H,5-6,8-9H2,1-2H3. The van der Waals surface area contributed by atoms with Crippen molar-refractivity contribution in [3.8, 4) is 0 Å². The summed E-state index contributed by atoms with van der Waals surface area (Å²) in [6.45, 7) is 4.14. The summed E-state index contributed by atoms with van der Waals surface area (Å²) in [5.41, 5.74) is 1.53. The molecule has 2 N–H and O–H groups in total. The molecule has 0 amide bonds. The highest BCUT2D eigenvalue weighted by Crippen LogP contribution is 2.25. The Hall–Kier alpha value is -0.910. The number of alkyl halides is 2. The van der Waals surface area contributed by atoms with Crippen molar-refractivity contribution in [1.82, 2.24) is 5.32 Å². The molecule has 0 aliphatic carbocycles. The van der Waals surface area contributed by atoms with Crippen LogP contribution in [0.25, 0.3) is 0 Å². The van der Waals surface area contributed by atoms with Crippen molar-refractivity contribution in [3.63, 3.8) is 0 Å². The fourth-order valence-corrected chi connectivity index (χ4v) is 2.06. The molecule has 1 rings (SSSR count). The van der Waals surface area contributed by atoms with Crippen LogP contribution in [0.3, 0.4) is 0 Å². The Morgan fingerprint density at radius 1 is 1.35 bits per heavy atom. The van der Waals surface area contributed by atoms with Crippen LogP contribution in [0.2, 0.25) is 5.02 Å². The summed E-state index contributed by atoms with van der Waals surface area (Å²) < 4.78 is 25.3. The van der Waals surface area contributed by atoms with Gasteiger partial charge in [0, 0.05) is 29.8 Å². The maximum absolute atomic E-state index is 12.7. The number of aliphatic hydroxyl groups excluding tert-OH is 1. The molecule has 0 saturated carbocycles. The van der Waals surface area contributed by atoms with Gasteiger partial charge in [0.2, 0.25) is 0 Å². The van der Waals surface area contributed by atoms with E-state index in [-0.39, 0.29) is 13.2 Å². The fourth-order valence-electron chi connectivity index (χ4n) is 1.89. The van der Waals surface area contributed by atoms with Crippen molar-refractivity contribution in [2.45, 2.75) is 32.9 Å². The Bertz CT molecular complexity index is 416. The zero-order valence-electron chi connectivity index (χ0n) is 11.7. The third kappa shape index (κ3) is 5.61. The fraction of sp³-hybridized carbons (Fsp3) is 0.571. The second kappa shape index (κ2) is 8.39. The van der Waals surface area contributed by atoms with E-state index in [0.29, 0.717) is 23.3 Å². The topological polar surface area (TPSA) is 35.5 Å². The maximum atomic E-state index is 12.7. The molecule has 0 fully saturated rings. The van der Waals surface area contributed by atoms with Gasteiger partial charge in [-0.2, -0.15) is 0 Å². The summed E-state index contributed by atoms with van der Waals surface area (Å²) in [6.07, 6.45) is -2.47. The highest BCUT2D eigenvalue weighted by molar-refractivity contribution is 6.30. The number of hydrogen-bond acceptors (Lipinski definition) is 3. The first-order chi connectivity index (χ1) is 9.43. The molecule has 0 radical (unpaired) electrons. The van der Waals surface area contributed by atoms with Crippen molar-refractivity contribution in [2.24, 2.45) is 0 Å². The lowest BCUT2D eigenvalue weighted by Gasteiger charge is -2.26. The second-order valence-corrected chi connectivity index (χ2v) is 5.31. The van der Waals surface area contributed by atoms with Crippen LogP contribution in [0, 0.1) is 0 Å². The average molecular weight is 307 g/mol. The van der Waals surface area contributed by atoms with Gasteiger partial charge in [-0.1, -0.05) is 31.5 Å². The third-order valence-electron chi connectivity index (χ3n) is 2.82. The lowest BCUT2D eigenvalue weighted by Crippen LogP contribution is -2.33. The number of rotatable bonds is 8. The number of anilines is 1. The molecule has 0 bridgehead atoms. The Morgan fingerprint density at radius 2 is 2.05 bits per heavy atom. The predicted molar refractivity (Wildman–Crippen MR) is 78.7 cm³/mol. The normalized spacial score (nSPS) is 11.4. The molecule has 1 aromatic carbocycles. The zero-order valence-corrected chi connectivity index (χ0v) is 12.5. The highest BCUT2D eigenvalue weighted by atomic mass is 35.5. The first-order valence-corrected chi connectivity index (χ1v) is 6.97. The van der Waals surface area contributed by atoms with Crippen LogP contribution in [0.4, 0.5) is 14.5 Å². The SMILES string of the molecule is CC(C)NCc1ccc(Cl)cc1N(CCO)CC(F)F. The minimum absolute atomic E-state index is 0.152. The van der Waals surface area contributed by atoms with Gasteiger partial charge in [0.15, 0.2) is 0 Å². The van der Waals surface area contributed by atoms with Gasteiger partial charge < -0.3 is 15.3 Å². The zero-order chi connectivity index (χ0) is 15.1. The van der Waals surface area contributed by atoms with E-state index < -0.39 is 13.0 Å². The third-order valence-corrected chi connectivity index (χ3v) is 3.05. The van der Waals surface area contributed by atoms with Crippen LogP contribution >= 0.6 is 11.6 Å². The molecule has 0 aromatic heterocycles. The number of hydrogen-bond donors (Lipinski definition) is 2. The number of nitrogens with one attached hydrogen (secondary N) is 1. The summed E-state index contributed by atoms with van der Waals surface area (Å²) in [4.78, 5) is 1.47. The number of aliphatic hydroxyl groups is 1. The first kappa shape index (κ1) is 17.1. The molecule has 0 saturated heterocycles. The number of halogens is 3. The van der Waals surface area contributed by atoms with Gasteiger partial charge in [-0.15, -0.1) is 0 Å². The van der Waals surface area contributed by atoms with Gasteiger partial charge in [0.1, 0.15) is 0 Å². The van der Waals surface area contributed by atoms with Gasteiger partial charge in [0.05, 0.1) is 13.2 Å². The maximum Gasteiger partial charge on any atom is 0.255 e. The van der Waals surface area contributed by atoms with Crippen LogP contribution < -0.4 is 10.2 Å². The molecule has 20 heavy (non-hydrogen) atoms. The van der Waals surface area contributed by atoms with E-state index in [1.807, 2.05) is 19.9 Å². The molecule has 0 aliphatic rings. The predicted octanol–water partition coefficient (Wildman–Crippen LogP) is 2.90. The summed E-state index contributed by atoms with van der Waals surface area (Å²) in [5.74, 6) is 0. The monoisotopic (exact) mass is 306 g/mol. The lowest BCUT2D eigenvalue weighted by molar-refractivity contribution is 0.152. The molecule has 114 valence electrons. The Labute approximate surface area is 123 Å². The molecule has 3 nitrogen and oxygen atoms in total.